The highest BCUT2D eigenvalue weighted by Crippen LogP contribution is 2.47. The second kappa shape index (κ2) is 26.9. The highest BCUT2D eigenvalue weighted by Gasteiger charge is 2.54. The second-order valence-electron chi connectivity index (χ2n) is 14.9. The quantitative estimate of drug-likeness (QED) is 0.0473. The number of nitrogens with zero attached hydrogens (tertiary/aromatic N) is 1. The summed E-state index contributed by atoms with van der Waals surface area (Å²) in [7, 11) is 4.37. The molecule has 0 spiro atoms. The van der Waals surface area contributed by atoms with Gasteiger partial charge in [0.15, 0.2) is 5.79 Å². The molecule has 0 aromatic carbocycles. The molecule has 272 valence electrons. The zero-order chi connectivity index (χ0) is 34.7. The van der Waals surface area contributed by atoms with Crippen molar-refractivity contribution >= 4 is 0 Å². The SMILES string of the molecule is C=C/C=C/C/C=C\C/C=C\CCCCCC/C=C/C1(CCCCCCC/C=C/C=C/C(C)CCCC)OC2C(C)CC(CN(C)C)C2O1. The molecule has 0 amide bonds. The lowest BCUT2D eigenvalue weighted by Gasteiger charge is -2.29. The minimum Gasteiger partial charge on any atom is -0.340 e. The molecule has 0 N–H and O–H groups in total. The van der Waals surface area contributed by atoms with Crippen LogP contribution in [0.25, 0.3) is 0 Å². The fraction of sp³-hybridized carbons (Fsp3) is 0.689. The van der Waals surface area contributed by atoms with Gasteiger partial charge in [0.05, 0.1) is 12.2 Å². The molecule has 6 unspecified atom stereocenters. The molecule has 0 bridgehead atoms. The predicted octanol–water partition coefficient (Wildman–Crippen LogP) is 12.9. The third-order valence-electron chi connectivity index (χ3n) is 9.90. The Hall–Kier alpha value is -1.94. The Kier molecular flexibility index (Phi) is 23.6. The van der Waals surface area contributed by atoms with Gasteiger partial charge in [-0.3, -0.25) is 0 Å². The van der Waals surface area contributed by atoms with Crippen molar-refractivity contribution in [3.63, 3.8) is 0 Å². The van der Waals surface area contributed by atoms with E-state index in [1.54, 1.807) is 0 Å². The molecule has 2 aliphatic rings. The normalized spacial score (nSPS) is 25.5. The molecule has 3 nitrogen and oxygen atoms in total. The van der Waals surface area contributed by atoms with E-state index < -0.39 is 5.79 Å². The van der Waals surface area contributed by atoms with E-state index in [1.807, 2.05) is 12.2 Å². The number of rotatable bonds is 28. The summed E-state index contributed by atoms with van der Waals surface area (Å²) in [5.41, 5.74) is 0. The molecule has 1 saturated heterocycles. The number of hydrogen-bond acceptors (Lipinski definition) is 3. The van der Waals surface area contributed by atoms with Gasteiger partial charge >= 0.3 is 0 Å². The van der Waals surface area contributed by atoms with Crippen LogP contribution in [0.15, 0.2) is 85.6 Å². The van der Waals surface area contributed by atoms with E-state index in [2.05, 4.69) is 113 Å². The molecule has 2 fully saturated rings. The van der Waals surface area contributed by atoms with Crippen molar-refractivity contribution < 1.29 is 9.47 Å². The van der Waals surface area contributed by atoms with Gasteiger partial charge in [-0.1, -0.05) is 145 Å². The third-order valence-corrected chi connectivity index (χ3v) is 9.90. The summed E-state index contributed by atoms with van der Waals surface area (Å²) in [6.45, 7) is 11.7. The fourth-order valence-corrected chi connectivity index (χ4v) is 7.19. The zero-order valence-electron chi connectivity index (χ0n) is 32.0. The van der Waals surface area contributed by atoms with E-state index in [9.17, 15) is 0 Å². The van der Waals surface area contributed by atoms with Crippen LogP contribution in [-0.4, -0.2) is 43.5 Å². The minimum atomic E-state index is -0.529. The Morgan fingerprint density at radius 1 is 0.729 bits per heavy atom. The summed E-state index contributed by atoms with van der Waals surface area (Å²) in [6, 6.07) is 0. The van der Waals surface area contributed by atoms with Crippen LogP contribution in [0, 0.1) is 17.8 Å². The first-order valence-corrected chi connectivity index (χ1v) is 20.0. The Morgan fingerprint density at radius 2 is 1.35 bits per heavy atom. The van der Waals surface area contributed by atoms with Crippen LogP contribution in [0.3, 0.4) is 0 Å². The summed E-state index contributed by atoms with van der Waals surface area (Å²) in [5, 5.41) is 0. The Balaban J connectivity index is 1.71. The molecule has 48 heavy (non-hydrogen) atoms. The maximum atomic E-state index is 6.93. The Morgan fingerprint density at radius 3 is 2.06 bits per heavy atom. The van der Waals surface area contributed by atoms with E-state index in [0.29, 0.717) is 17.8 Å². The van der Waals surface area contributed by atoms with E-state index >= 15 is 0 Å². The van der Waals surface area contributed by atoms with Gasteiger partial charge in [0.2, 0.25) is 0 Å². The van der Waals surface area contributed by atoms with Crippen LogP contribution in [0.5, 0.6) is 0 Å². The van der Waals surface area contributed by atoms with Gasteiger partial charge in [-0.25, -0.2) is 0 Å². The molecule has 0 aromatic rings. The largest absolute Gasteiger partial charge is 0.340 e. The van der Waals surface area contributed by atoms with Crippen molar-refractivity contribution in [2.75, 3.05) is 20.6 Å². The molecule has 6 atom stereocenters. The average Bonchev–Trinajstić information content (AvgIpc) is 3.57. The molecule has 1 saturated carbocycles. The molecule has 1 aliphatic heterocycles. The lowest BCUT2D eigenvalue weighted by Crippen LogP contribution is -2.33. The number of fused-ring (bicyclic) bond motifs is 1. The predicted molar refractivity (Wildman–Crippen MR) is 211 cm³/mol. The smallest absolute Gasteiger partial charge is 0.188 e. The van der Waals surface area contributed by atoms with E-state index in [1.165, 1.54) is 96.3 Å². The molecule has 3 heteroatoms. The van der Waals surface area contributed by atoms with Crippen LogP contribution in [0.1, 0.15) is 143 Å². The summed E-state index contributed by atoms with van der Waals surface area (Å²) >= 11 is 0. The molecule has 1 heterocycles. The molecule has 2 rings (SSSR count). The zero-order valence-corrected chi connectivity index (χ0v) is 32.0. The topological polar surface area (TPSA) is 21.7 Å². The summed E-state index contributed by atoms with van der Waals surface area (Å²) < 4.78 is 13.8. The molecule has 1 aliphatic carbocycles. The summed E-state index contributed by atoms with van der Waals surface area (Å²) in [5.74, 6) is 1.28. The van der Waals surface area contributed by atoms with E-state index in [4.69, 9.17) is 9.47 Å². The van der Waals surface area contributed by atoms with Gasteiger partial charge in [-0.15, -0.1) is 0 Å². The van der Waals surface area contributed by atoms with Crippen molar-refractivity contribution in [3.05, 3.63) is 85.6 Å². The van der Waals surface area contributed by atoms with E-state index in [-0.39, 0.29) is 12.2 Å². The first-order valence-electron chi connectivity index (χ1n) is 20.0. The van der Waals surface area contributed by atoms with Gasteiger partial charge in [-0.05, 0) is 103 Å². The lowest BCUT2D eigenvalue weighted by atomic mass is 10.0. The molecule has 0 radical (unpaired) electrons. The molecular formula is C45H75NO2. The maximum Gasteiger partial charge on any atom is 0.188 e. The van der Waals surface area contributed by atoms with Crippen molar-refractivity contribution in [1.82, 2.24) is 4.90 Å². The minimum absolute atomic E-state index is 0.222. The van der Waals surface area contributed by atoms with Crippen molar-refractivity contribution in [3.8, 4) is 0 Å². The van der Waals surface area contributed by atoms with Crippen molar-refractivity contribution in [1.29, 1.82) is 0 Å². The van der Waals surface area contributed by atoms with Crippen LogP contribution >= 0.6 is 0 Å². The van der Waals surface area contributed by atoms with Gasteiger partial charge in [0.25, 0.3) is 0 Å². The lowest BCUT2D eigenvalue weighted by molar-refractivity contribution is -0.157. The highest BCUT2D eigenvalue weighted by atomic mass is 16.8. The number of allylic oxidation sites excluding steroid dienone is 12. The second-order valence-corrected chi connectivity index (χ2v) is 14.9. The third kappa shape index (κ3) is 18.7. The highest BCUT2D eigenvalue weighted by molar-refractivity contribution is 5.07. The molecular weight excluding hydrogens is 587 g/mol. The first-order chi connectivity index (χ1) is 23.4. The van der Waals surface area contributed by atoms with Crippen molar-refractivity contribution in [2.45, 2.75) is 161 Å². The first kappa shape index (κ1) is 42.2. The van der Waals surface area contributed by atoms with Gasteiger partial charge in [-0.2, -0.15) is 0 Å². The Labute approximate surface area is 298 Å². The monoisotopic (exact) mass is 662 g/mol. The van der Waals surface area contributed by atoms with Gasteiger partial charge in [0, 0.05) is 18.9 Å². The Bertz CT molecular complexity index is 985. The number of ether oxygens (including phenoxy) is 2. The number of hydrogen-bond donors (Lipinski definition) is 0. The summed E-state index contributed by atoms with van der Waals surface area (Å²) in [4.78, 5) is 2.32. The van der Waals surface area contributed by atoms with Crippen LogP contribution < -0.4 is 0 Å². The van der Waals surface area contributed by atoms with Crippen LogP contribution in [-0.2, 0) is 9.47 Å². The number of unbranched alkanes of at least 4 members (excludes halogenated alkanes) is 11. The van der Waals surface area contributed by atoms with Crippen LogP contribution in [0.4, 0.5) is 0 Å². The summed E-state index contributed by atoms with van der Waals surface area (Å²) in [6.07, 6.45) is 52.4. The fourth-order valence-electron chi connectivity index (χ4n) is 7.19. The average molecular weight is 662 g/mol. The standard InChI is InChI=1S/C45H75NO2/c1-7-9-11-12-13-14-15-16-17-18-19-20-23-26-29-32-36-45(47-43-41(4)38-42(39-46(5)6)44(43)48-45)37-33-30-27-24-21-22-25-28-31-35-40(3)34-10-8-2/h7,9,11,13-14,16-17,25,28,31-32,35-36,40-44H,1,8,10,12,15,18-24,26-27,29-30,33-34,37-39H2,2-6H3/b11-9+,14-13-,17-16-,28-25+,35-31+,36-32+. The van der Waals surface area contributed by atoms with Crippen LogP contribution in [0.2, 0.25) is 0 Å². The van der Waals surface area contributed by atoms with Gasteiger partial charge < -0.3 is 14.4 Å². The van der Waals surface area contributed by atoms with Gasteiger partial charge in [0.1, 0.15) is 0 Å². The molecule has 0 aromatic heterocycles. The van der Waals surface area contributed by atoms with Crippen molar-refractivity contribution in [2.24, 2.45) is 17.8 Å². The van der Waals surface area contributed by atoms with E-state index in [0.717, 1.165) is 32.2 Å². The maximum absolute atomic E-state index is 6.93.